The first kappa shape index (κ1) is 53.9. The molecule has 58 heavy (non-hydrogen) atoms. The third-order valence-corrected chi connectivity index (χ3v) is 15.4. The maximum atomic E-state index is 14.9. The smallest absolute Gasteiger partial charge is 0.348 e. The molecule has 1 aliphatic heterocycles. The van der Waals surface area contributed by atoms with Crippen LogP contribution in [-0.2, 0) is 38.1 Å². The highest BCUT2D eigenvalue weighted by molar-refractivity contribution is 5.85. The largest absolute Gasteiger partial charge is 0.459 e. The summed E-state index contributed by atoms with van der Waals surface area (Å²) >= 11 is 0. The minimum atomic E-state index is -1.29. The second-order valence-electron chi connectivity index (χ2n) is 21.8. The van der Waals surface area contributed by atoms with Gasteiger partial charge in [0.1, 0.15) is 16.8 Å². The van der Waals surface area contributed by atoms with Crippen LogP contribution in [0.15, 0.2) is 0 Å². The fourth-order valence-corrected chi connectivity index (χ4v) is 13.6. The molecule has 8 bridgehead atoms. The number of cyclic esters (lactones) is 1. The van der Waals surface area contributed by atoms with E-state index in [9.17, 15) is 24.3 Å². The number of hydrogen-bond donors (Lipinski definition) is 1. The lowest BCUT2D eigenvalue weighted by Crippen LogP contribution is -2.61. The van der Waals surface area contributed by atoms with Gasteiger partial charge in [-0.25, -0.2) is 4.79 Å². The molecule has 1 heterocycles. The van der Waals surface area contributed by atoms with Crippen molar-refractivity contribution in [3.63, 3.8) is 0 Å². The average molecular weight is 823 g/mol. The van der Waals surface area contributed by atoms with Gasteiger partial charge in [0, 0.05) is 18.3 Å². The predicted molar refractivity (Wildman–Crippen MR) is 234 cm³/mol. The maximum Gasteiger partial charge on any atom is 0.348 e. The third kappa shape index (κ3) is 9.65. The fourth-order valence-electron chi connectivity index (χ4n) is 13.6. The van der Waals surface area contributed by atoms with E-state index in [4.69, 9.17) is 18.9 Å². The Hall–Kier alpha value is -2.16. The number of hydrogen-bond acceptors (Lipinski definition) is 9. The monoisotopic (exact) mass is 823 g/mol. The second kappa shape index (κ2) is 17.3. The molecule has 8 saturated carbocycles. The molecular formula is C49H90O9. The van der Waals surface area contributed by atoms with Crippen LogP contribution in [0, 0.1) is 51.2 Å². The van der Waals surface area contributed by atoms with Gasteiger partial charge in [-0.3, -0.25) is 14.4 Å². The minimum absolute atomic E-state index is 0. The van der Waals surface area contributed by atoms with Crippen LogP contribution < -0.4 is 0 Å². The molecule has 8 aliphatic carbocycles. The highest BCUT2D eigenvalue weighted by Crippen LogP contribution is 2.65. The molecule has 1 saturated heterocycles. The topological polar surface area (TPSA) is 125 Å². The molecule has 0 radical (unpaired) electrons. The number of carbonyl (C=O) groups is 4. The Morgan fingerprint density at radius 2 is 1.16 bits per heavy atom. The second-order valence-corrected chi connectivity index (χ2v) is 21.8. The first-order chi connectivity index (χ1) is 23.9. The van der Waals surface area contributed by atoms with Crippen molar-refractivity contribution < 1.29 is 43.2 Å². The summed E-state index contributed by atoms with van der Waals surface area (Å²) in [6.45, 7) is 16.9. The Morgan fingerprint density at radius 3 is 1.59 bits per heavy atom. The van der Waals surface area contributed by atoms with Gasteiger partial charge in [0.05, 0.1) is 21.8 Å². The molecule has 0 aromatic heterocycles. The van der Waals surface area contributed by atoms with E-state index in [1.807, 2.05) is 20.8 Å². The van der Waals surface area contributed by atoms with Gasteiger partial charge in [0.25, 0.3) is 0 Å². The van der Waals surface area contributed by atoms with Crippen molar-refractivity contribution in [1.29, 1.82) is 0 Å². The van der Waals surface area contributed by atoms with Crippen molar-refractivity contribution in [1.82, 2.24) is 0 Å². The Morgan fingerprint density at radius 1 is 0.672 bits per heavy atom. The summed E-state index contributed by atoms with van der Waals surface area (Å²) in [5, 5.41) is 11.5. The molecule has 0 aromatic carbocycles. The molecule has 9 aliphatic rings. The quantitative estimate of drug-likeness (QED) is 0.151. The van der Waals surface area contributed by atoms with Gasteiger partial charge in [0.2, 0.25) is 6.10 Å². The van der Waals surface area contributed by atoms with Crippen LogP contribution in [0.3, 0.4) is 0 Å². The van der Waals surface area contributed by atoms with Crippen molar-refractivity contribution >= 4 is 23.9 Å². The van der Waals surface area contributed by atoms with Gasteiger partial charge in [-0.15, -0.1) is 0 Å². The number of ether oxygens (including phenoxy) is 4. The van der Waals surface area contributed by atoms with E-state index < -0.39 is 62.7 Å². The lowest BCUT2D eigenvalue weighted by atomic mass is 9.46. The van der Waals surface area contributed by atoms with E-state index in [0.717, 1.165) is 51.4 Å². The Balaban J connectivity index is 0.00000280. The van der Waals surface area contributed by atoms with Crippen LogP contribution in [0.4, 0.5) is 0 Å². The highest BCUT2D eigenvalue weighted by atomic mass is 16.6. The molecule has 0 spiro atoms. The molecule has 9 heteroatoms. The van der Waals surface area contributed by atoms with Crippen molar-refractivity contribution in [3.8, 4) is 0 Å². The zero-order valence-corrected chi connectivity index (χ0v) is 33.5. The number of rotatable bonds is 12. The molecule has 0 aromatic rings. The van der Waals surface area contributed by atoms with Crippen LogP contribution in [-0.4, -0.2) is 57.5 Å². The first-order valence-corrected chi connectivity index (χ1v) is 20.5. The van der Waals surface area contributed by atoms with Crippen LogP contribution in [0.5, 0.6) is 0 Å². The Bertz CT molecular complexity index is 1440. The van der Waals surface area contributed by atoms with Crippen molar-refractivity contribution in [3.05, 3.63) is 0 Å². The van der Waals surface area contributed by atoms with Crippen LogP contribution in [0.2, 0.25) is 0 Å². The molecular weight excluding hydrogens is 733 g/mol. The van der Waals surface area contributed by atoms with Crippen LogP contribution in [0.1, 0.15) is 210 Å². The molecule has 9 rings (SSSR count). The number of carbonyl (C=O) groups excluding carboxylic acids is 4. The molecule has 0 amide bonds. The standard InChI is InChI=1S/C43H66O9.6CH4/c1-10-39(8,34(46)51-38(6,7)41-15-26-11-27(16-41)13-28(12-26)17-41)24-40(9,23-36(2,3)33(45)49-31-22-37(4,5)50-32(31)44)35(47)52-43-20-29-14-30(21-43)19-42(48,18-29)25-43;;;;;;/h26-31,48H,10-25H2,1-9H3;6*1H4. The predicted octanol–water partition coefficient (Wildman–Crippen LogP) is 11.8. The van der Waals surface area contributed by atoms with Crippen molar-refractivity contribution in [2.75, 3.05) is 0 Å². The van der Waals surface area contributed by atoms with Gasteiger partial charge in [-0.1, -0.05) is 51.5 Å². The zero-order valence-electron chi connectivity index (χ0n) is 33.5. The lowest BCUT2D eigenvalue weighted by molar-refractivity contribution is -0.228. The third-order valence-electron chi connectivity index (χ3n) is 15.4. The summed E-state index contributed by atoms with van der Waals surface area (Å²) in [5.74, 6) is 0.830. The summed E-state index contributed by atoms with van der Waals surface area (Å²) in [4.78, 5) is 56.0. The fraction of sp³-hybridized carbons (Fsp3) is 0.918. The summed E-state index contributed by atoms with van der Waals surface area (Å²) in [5.41, 5.74) is -6.56. The number of esters is 4. The molecule has 5 atom stereocenters. The highest BCUT2D eigenvalue weighted by Gasteiger charge is 2.62. The van der Waals surface area contributed by atoms with Crippen molar-refractivity contribution in [2.45, 2.75) is 238 Å². The average Bonchev–Trinajstić information content (AvgIpc) is 3.24. The maximum absolute atomic E-state index is 14.9. The minimum Gasteiger partial charge on any atom is -0.459 e. The van der Waals surface area contributed by atoms with Gasteiger partial charge in [-0.2, -0.15) is 0 Å². The Labute approximate surface area is 355 Å². The summed E-state index contributed by atoms with van der Waals surface area (Å²) < 4.78 is 24.5. The van der Waals surface area contributed by atoms with Gasteiger partial charge in [-0.05, 0) is 175 Å². The van der Waals surface area contributed by atoms with Gasteiger partial charge in [0.15, 0.2) is 0 Å². The first-order valence-electron chi connectivity index (χ1n) is 20.5. The van der Waals surface area contributed by atoms with E-state index >= 15 is 0 Å². The summed E-state index contributed by atoms with van der Waals surface area (Å²) in [6, 6.07) is 0. The van der Waals surface area contributed by atoms with E-state index in [1.54, 1.807) is 27.7 Å². The van der Waals surface area contributed by atoms with Crippen LogP contribution >= 0.6 is 0 Å². The van der Waals surface area contributed by atoms with Gasteiger partial charge < -0.3 is 24.1 Å². The molecule has 1 N–H and O–H groups in total. The molecule has 9 fully saturated rings. The van der Waals surface area contributed by atoms with E-state index in [1.165, 1.54) is 19.3 Å². The zero-order chi connectivity index (χ0) is 37.9. The van der Waals surface area contributed by atoms with E-state index in [-0.39, 0.29) is 75.2 Å². The summed E-state index contributed by atoms with van der Waals surface area (Å²) in [7, 11) is 0. The summed E-state index contributed by atoms with van der Waals surface area (Å²) in [6.07, 6.45) is 11.5. The van der Waals surface area contributed by atoms with Gasteiger partial charge >= 0.3 is 23.9 Å². The van der Waals surface area contributed by atoms with Crippen molar-refractivity contribution in [2.24, 2.45) is 51.2 Å². The lowest BCUT2D eigenvalue weighted by Gasteiger charge is -2.61. The number of aliphatic hydroxyl groups is 1. The van der Waals surface area contributed by atoms with E-state index in [2.05, 4.69) is 13.8 Å². The molecule has 5 unspecified atom stereocenters. The van der Waals surface area contributed by atoms with E-state index in [0.29, 0.717) is 42.4 Å². The molecule has 340 valence electrons. The SMILES string of the molecule is C.C.C.C.C.C.CCC(C)(CC(C)(CC(C)(C)C(=O)OC1CC(C)(C)OC1=O)C(=O)OC12CC3CC(CC(O)(C3)C1)C2)C(=O)OC(C)(C)C12CC3CC(CC(C3)C1)C2. The normalized spacial score (nSPS) is 36.6. The molecule has 9 nitrogen and oxygen atoms in total. The van der Waals surface area contributed by atoms with Crippen LogP contribution in [0.25, 0.3) is 0 Å². The Kier molecular flexibility index (Phi) is 16.1.